The smallest absolute Gasteiger partial charge is 0.340 e. The Kier molecular flexibility index (Phi) is 6.54. The summed E-state index contributed by atoms with van der Waals surface area (Å²) in [4.78, 5) is 24.8. The van der Waals surface area contributed by atoms with Gasteiger partial charge in [0, 0.05) is 30.8 Å². The van der Waals surface area contributed by atoms with Crippen molar-refractivity contribution in [3.63, 3.8) is 0 Å². The lowest BCUT2D eigenvalue weighted by atomic mass is 10.1. The summed E-state index contributed by atoms with van der Waals surface area (Å²) in [7, 11) is -4.04. The highest BCUT2D eigenvalue weighted by Gasteiger charge is 2.23. The molecule has 0 atom stereocenters. The first-order chi connectivity index (χ1) is 16.2. The molecule has 13 nitrogen and oxygen atoms in total. The molecule has 1 aromatic heterocycles. The van der Waals surface area contributed by atoms with E-state index in [1.165, 1.54) is 42.5 Å². The Morgan fingerprint density at radius 3 is 2.50 bits per heavy atom. The number of esters is 1. The molecule has 0 saturated carbocycles. The molecule has 3 aromatic rings. The number of nitrogens with zero attached hydrogens (tertiary/aromatic N) is 4. The van der Waals surface area contributed by atoms with Gasteiger partial charge in [-0.3, -0.25) is 10.1 Å². The molecule has 4 rings (SSSR count). The number of ether oxygens (including phenoxy) is 2. The lowest BCUT2D eigenvalue weighted by Gasteiger charge is -2.30. The molecule has 2 heterocycles. The van der Waals surface area contributed by atoms with Gasteiger partial charge in [-0.25, -0.2) is 18.4 Å². The number of nitro groups is 1. The third kappa shape index (κ3) is 5.19. The van der Waals surface area contributed by atoms with Crippen LogP contribution in [0.5, 0.6) is 0 Å². The summed E-state index contributed by atoms with van der Waals surface area (Å²) >= 11 is 0. The van der Waals surface area contributed by atoms with Crippen LogP contribution in [0, 0.1) is 10.1 Å². The van der Waals surface area contributed by atoms with Gasteiger partial charge in [-0.2, -0.15) is 0 Å². The molecule has 0 amide bonds. The number of non-ortho nitro benzene ring substituents is 1. The Hall–Kier alpha value is -3.88. The van der Waals surface area contributed by atoms with Crippen molar-refractivity contribution in [3.05, 3.63) is 64.0 Å². The maximum atomic E-state index is 12.9. The van der Waals surface area contributed by atoms with Crippen molar-refractivity contribution in [2.75, 3.05) is 31.2 Å². The predicted molar refractivity (Wildman–Crippen MR) is 116 cm³/mol. The molecule has 0 aliphatic carbocycles. The average molecular weight is 489 g/mol. The Balaban J connectivity index is 1.52. The highest BCUT2D eigenvalue weighted by molar-refractivity contribution is 7.89. The third-order valence-electron chi connectivity index (χ3n) is 4.99. The standard InChI is InChI=1S/C20H19N5O8S/c21-34(29,30)15-5-6-17(24-7-9-31-10-8-24)16(11-15)20(26)32-12-18-22-23-19(33-18)13-1-3-14(4-2-13)25(27)28/h1-6,11H,7-10,12H2,(H2,21,29,30). The molecule has 14 heteroatoms. The zero-order valence-corrected chi connectivity index (χ0v) is 18.4. The molecular formula is C20H19N5O8S. The van der Waals surface area contributed by atoms with Crippen molar-refractivity contribution >= 4 is 27.4 Å². The normalized spacial score (nSPS) is 14.1. The largest absolute Gasteiger partial charge is 0.452 e. The first kappa shape index (κ1) is 23.3. The molecule has 34 heavy (non-hydrogen) atoms. The second-order valence-electron chi connectivity index (χ2n) is 7.20. The van der Waals surface area contributed by atoms with Gasteiger partial charge in [0.05, 0.1) is 34.3 Å². The monoisotopic (exact) mass is 489 g/mol. The fraction of sp³-hybridized carbons (Fsp3) is 0.250. The van der Waals surface area contributed by atoms with E-state index in [1.807, 2.05) is 4.90 Å². The molecule has 1 saturated heterocycles. The number of carbonyl (C=O) groups excluding carboxylic acids is 1. The summed E-state index contributed by atoms with van der Waals surface area (Å²) < 4.78 is 39.7. The maximum Gasteiger partial charge on any atom is 0.340 e. The van der Waals surface area contributed by atoms with Crippen LogP contribution in [0.25, 0.3) is 11.5 Å². The zero-order valence-electron chi connectivity index (χ0n) is 17.6. The van der Waals surface area contributed by atoms with Crippen molar-refractivity contribution in [1.29, 1.82) is 0 Å². The first-order valence-corrected chi connectivity index (χ1v) is 11.5. The number of primary sulfonamides is 1. The van der Waals surface area contributed by atoms with Crippen molar-refractivity contribution in [2.45, 2.75) is 11.5 Å². The highest BCUT2D eigenvalue weighted by Crippen LogP contribution is 2.26. The molecule has 0 unspecified atom stereocenters. The zero-order chi connectivity index (χ0) is 24.3. The second-order valence-corrected chi connectivity index (χ2v) is 8.77. The van der Waals surface area contributed by atoms with Gasteiger partial charge in [-0.1, -0.05) is 0 Å². The van der Waals surface area contributed by atoms with E-state index < -0.39 is 20.9 Å². The van der Waals surface area contributed by atoms with Crippen LogP contribution in [-0.2, 0) is 26.1 Å². The Bertz CT molecular complexity index is 1320. The van der Waals surface area contributed by atoms with Crippen LogP contribution in [0.4, 0.5) is 11.4 Å². The van der Waals surface area contributed by atoms with E-state index in [-0.39, 0.29) is 34.5 Å². The van der Waals surface area contributed by atoms with Gasteiger partial charge < -0.3 is 18.8 Å². The van der Waals surface area contributed by atoms with Gasteiger partial charge in [0.15, 0.2) is 6.61 Å². The topological polar surface area (TPSA) is 181 Å². The van der Waals surface area contributed by atoms with Crippen LogP contribution in [-0.4, -0.2) is 55.8 Å². The number of nitrogens with two attached hydrogens (primary N) is 1. The van der Waals surface area contributed by atoms with Gasteiger partial charge in [-0.05, 0) is 30.3 Å². The minimum Gasteiger partial charge on any atom is -0.452 e. The summed E-state index contributed by atoms with van der Waals surface area (Å²) in [6, 6.07) is 9.49. The van der Waals surface area contributed by atoms with E-state index in [1.54, 1.807) is 0 Å². The molecule has 0 radical (unpaired) electrons. The number of anilines is 1. The van der Waals surface area contributed by atoms with Crippen LogP contribution in [0.2, 0.25) is 0 Å². The van der Waals surface area contributed by atoms with Crippen molar-refractivity contribution in [1.82, 2.24) is 10.2 Å². The number of nitro benzene ring substituents is 1. The molecule has 1 aliphatic rings. The Labute approximate surface area is 193 Å². The first-order valence-electron chi connectivity index (χ1n) is 9.96. The fourth-order valence-corrected chi connectivity index (χ4v) is 3.83. The molecule has 2 aromatic carbocycles. The van der Waals surface area contributed by atoms with Gasteiger partial charge >= 0.3 is 5.97 Å². The number of carbonyl (C=O) groups is 1. The molecule has 0 spiro atoms. The summed E-state index contributed by atoms with van der Waals surface area (Å²) in [5.41, 5.74) is 0.864. The molecule has 1 fully saturated rings. The molecule has 0 bridgehead atoms. The van der Waals surface area contributed by atoms with E-state index in [0.29, 0.717) is 37.6 Å². The van der Waals surface area contributed by atoms with E-state index in [4.69, 9.17) is 19.0 Å². The van der Waals surface area contributed by atoms with Gasteiger partial charge in [-0.15, -0.1) is 10.2 Å². The van der Waals surface area contributed by atoms with Crippen molar-refractivity contribution in [2.24, 2.45) is 5.14 Å². The quantitative estimate of drug-likeness (QED) is 0.288. The van der Waals surface area contributed by atoms with Gasteiger partial charge in [0.1, 0.15) is 0 Å². The number of aromatic nitrogens is 2. The van der Waals surface area contributed by atoms with Crippen LogP contribution < -0.4 is 10.0 Å². The van der Waals surface area contributed by atoms with E-state index in [2.05, 4.69) is 10.2 Å². The van der Waals surface area contributed by atoms with Gasteiger partial charge in [0.2, 0.25) is 15.9 Å². The van der Waals surface area contributed by atoms with Crippen LogP contribution in [0.1, 0.15) is 16.2 Å². The number of morpholine rings is 1. The lowest BCUT2D eigenvalue weighted by molar-refractivity contribution is -0.384. The SMILES string of the molecule is NS(=O)(=O)c1ccc(N2CCOCC2)c(C(=O)OCc2nnc(-c3ccc([N+](=O)[O-])cc3)o2)c1. The van der Waals surface area contributed by atoms with E-state index in [0.717, 1.165) is 0 Å². The summed E-state index contributed by atoms with van der Waals surface area (Å²) in [5.74, 6) is -0.731. The highest BCUT2D eigenvalue weighted by atomic mass is 32.2. The minimum absolute atomic E-state index is 0.0165. The van der Waals surface area contributed by atoms with Crippen molar-refractivity contribution in [3.8, 4) is 11.5 Å². The number of benzene rings is 2. The number of hydrogen-bond donors (Lipinski definition) is 1. The molecule has 2 N–H and O–H groups in total. The predicted octanol–water partition coefficient (Wildman–Crippen LogP) is 1.49. The van der Waals surface area contributed by atoms with Crippen LogP contribution >= 0.6 is 0 Å². The van der Waals surface area contributed by atoms with Gasteiger partial charge in [0.25, 0.3) is 11.6 Å². The van der Waals surface area contributed by atoms with E-state index >= 15 is 0 Å². The minimum atomic E-state index is -4.04. The van der Waals surface area contributed by atoms with Crippen LogP contribution in [0.15, 0.2) is 51.8 Å². The van der Waals surface area contributed by atoms with Crippen LogP contribution in [0.3, 0.4) is 0 Å². The summed E-state index contributed by atoms with van der Waals surface area (Å²) in [6.45, 7) is 1.56. The lowest BCUT2D eigenvalue weighted by Crippen LogP contribution is -2.37. The maximum absolute atomic E-state index is 12.9. The van der Waals surface area contributed by atoms with Crippen molar-refractivity contribution < 1.29 is 32.0 Å². The summed E-state index contributed by atoms with van der Waals surface area (Å²) in [5, 5.41) is 23.7. The molecule has 178 valence electrons. The molecular weight excluding hydrogens is 470 g/mol. The molecule has 1 aliphatic heterocycles. The Morgan fingerprint density at radius 1 is 1.15 bits per heavy atom. The second kappa shape index (κ2) is 9.54. The number of rotatable bonds is 7. The fourth-order valence-electron chi connectivity index (χ4n) is 3.29. The summed E-state index contributed by atoms with van der Waals surface area (Å²) in [6.07, 6.45) is 0. The third-order valence-corrected chi connectivity index (χ3v) is 5.90. The number of hydrogen-bond acceptors (Lipinski definition) is 11. The average Bonchev–Trinajstić information content (AvgIpc) is 3.31. The van der Waals surface area contributed by atoms with E-state index in [9.17, 15) is 23.3 Å². The number of sulfonamides is 1. The Morgan fingerprint density at radius 2 is 1.85 bits per heavy atom.